The Morgan fingerprint density at radius 1 is 0.310 bits per heavy atom. The second-order valence-corrected chi connectivity index (χ2v) is 15.8. The van der Waals surface area contributed by atoms with E-state index in [0.717, 1.165) is 89.5 Å². The van der Waals surface area contributed by atoms with Crippen molar-refractivity contribution in [2.75, 3.05) is 21.3 Å². The molecule has 6 aromatic carbocycles. The molecule has 4 amide bonds. The number of aryl methyl sites for hydroxylation is 8. The molecule has 0 atom stereocenters. The quantitative estimate of drug-likeness (QED) is 0.123. The van der Waals surface area contributed by atoms with E-state index in [9.17, 15) is 19.2 Å². The highest BCUT2D eigenvalue weighted by Crippen LogP contribution is 2.30. The van der Waals surface area contributed by atoms with E-state index in [-0.39, 0.29) is 23.6 Å². The Morgan fingerprint density at radius 2 is 0.500 bits per heavy atom. The molecule has 292 valence electrons. The zero-order chi connectivity index (χ0) is 41.4. The van der Waals surface area contributed by atoms with Gasteiger partial charge in [0.25, 0.3) is 23.6 Å². The molecule has 0 saturated carbocycles. The molecular formula is C50H48N4O4. The van der Waals surface area contributed by atoms with Gasteiger partial charge in [0.05, 0.1) is 0 Å². The van der Waals surface area contributed by atoms with E-state index in [2.05, 4.69) is 69.8 Å². The molecule has 58 heavy (non-hydrogen) atoms. The van der Waals surface area contributed by atoms with Gasteiger partial charge in [-0.2, -0.15) is 0 Å². The number of anilines is 4. The topological polar surface area (TPSA) is 116 Å². The normalized spacial score (nSPS) is 13.4. The second-order valence-electron chi connectivity index (χ2n) is 15.8. The van der Waals surface area contributed by atoms with Gasteiger partial charge < -0.3 is 21.3 Å². The van der Waals surface area contributed by atoms with E-state index in [0.29, 0.717) is 35.1 Å². The lowest BCUT2D eigenvalue weighted by molar-refractivity contribution is 0.101. The van der Waals surface area contributed by atoms with Crippen LogP contribution in [0.1, 0.15) is 108 Å². The molecule has 6 aromatic rings. The maximum atomic E-state index is 13.6. The number of hydrogen-bond donors (Lipinski definition) is 4. The summed E-state index contributed by atoms with van der Waals surface area (Å²) in [6.07, 6.45) is 1.31. The van der Waals surface area contributed by atoms with Gasteiger partial charge in [-0.1, -0.05) is 60.7 Å². The average Bonchev–Trinajstić information content (AvgIpc) is 3.17. The van der Waals surface area contributed by atoms with Gasteiger partial charge in [0.1, 0.15) is 0 Å². The fourth-order valence-electron chi connectivity index (χ4n) is 8.23. The van der Waals surface area contributed by atoms with E-state index in [4.69, 9.17) is 0 Å². The van der Waals surface area contributed by atoms with Gasteiger partial charge in [0.2, 0.25) is 0 Å². The molecular weight excluding hydrogens is 721 g/mol. The van der Waals surface area contributed by atoms with Crippen molar-refractivity contribution >= 4 is 46.4 Å². The number of nitrogens with one attached hydrogen (secondary N) is 4. The van der Waals surface area contributed by atoms with Crippen LogP contribution < -0.4 is 21.3 Å². The van der Waals surface area contributed by atoms with E-state index < -0.39 is 0 Å². The molecule has 8 nitrogen and oxygen atoms in total. The molecule has 16 rings (SSSR count). The lowest BCUT2D eigenvalue weighted by Gasteiger charge is -2.17. The van der Waals surface area contributed by atoms with Gasteiger partial charge in [-0.05, 0) is 171 Å². The van der Waals surface area contributed by atoms with Crippen LogP contribution in [0.15, 0.2) is 97.1 Å². The molecule has 0 aromatic heterocycles. The Labute approximate surface area is 340 Å². The minimum absolute atomic E-state index is 0.298. The van der Waals surface area contributed by atoms with Crippen molar-refractivity contribution in [3.05, 3.63) is 186 Å². The highest BCUT2D eigenvalue weighted by atomic mass is 16.2. The van der Waals surface area contributed by atoms with Crippen LogP contribution in [0, 0.1) is 55.4 Å². The Hall–Kier alpha value is -6.80. The monoisotopic (exact) mass is 768 g/mol. The zero-order valence-corrected chi connectivity index (χ0v) is 34.3. The lowest BCUT2D eigenvalue weighted by Crippen LogP contribution is -2.17. The maximum Gasteiger partial charge on any atom is 0.255 e. The summed E-state index contributed by atoms with van der Waals surface area (Å²) in [4.78, 5) is 54.4. The lowest BCUT2D eigenvalue weighted by atomic mass is 9.95. The Balaban J connectivity index is 1.25. The first-order chi connectivity index (χ1) is 27.6. The van der Waals surface area contributed by atoms with Crippen molar-refractivity contribution in [2.24, 2.45) is 0 Å². The Bertz CT molecular complexity index is 2240. The number of benzene rings is 6. The van der Waals surface area contributed by atoms with Crippen molar-refractivity contribution in [1.29, 1.82) is 0 Å². The molecule has 8 heteroatoms. The number of carbonyl (C=O) groups is 4. The van der Waals surface area contributed by atoms with Gasteiger partial charge >= 0.3 is 0 Å². The summed E-state index contributed by atoms with van der Waals surface area (Å²) in [6.45, 7) is 15.8. The van der Waals surface area contributed by atoms with E-state index in [1.54, 1.807) is 48.5 Å². The first-order valence-electron chi connectivity index (χ1n) is 19.5. The molecule has 12 bridgehead atoms. The summed E-state index contributed by atoms with van der Waals surface area (Å²) >= 11 is 0. The molecule has 10 aliphatic rings. The summed E-state index contributed by atoms with van der Waals surface area (Å²) in [5.41, 5.74) is 16.2. The largest absolute Gasteiger partial charge is 0.322 e. The van der Waals surface area contributed by atoms with Crippen LogP contribution in [0.5, 0.6) is 0 Å². The third kappa shape index (κ3) is 8.32. The fourth-order valence-corrected chi connectivity index (χ4v) is 8.23. The molecule has 0 saturated heterocycles. The first-order valence-corrected chi connectivity index (χ1v) is 19.5. The predicted molar refractivity (Wildman–Crippen MR) is 234 cm³/mol. The molecule has 0 fully saturated rings. The molecule has 0 spiro atoms. The van der Waals surface area contributed by atoms with Gasteiger partial charge in [0, 0.05) is 45.0 Å². The van der Waals surface area contributed by atoms with Crippen LogP contribution in [0.25, 0.3) is 0 Å². The molecule has 4 N–H and O–H groups in total. The van der Waals surface area contributed by atoms with Crippen molar-refractivity contribution < 1.29 is 19.2 Å². The standard InChI is InChI=1S/C50H48N4O4/c1-27-15-35-16-28(2)43(27)51-47(55)39-11-9-12-40(25-39)48(56)53-45-31(5)19-37(20-32(45)6)24-38-21-33(7)46(34(8)22-38)54-50(58)42-14-10-13-41(26-42)49(57)52-44-29(3)17-36(23-35)18-30(44)4/h9-22,25-26H,23-24H2,1-8H3,(H,51,55)(H,52,57)(H,53,56)(H,54,58). The van der Waals surface area contributed by atoms with E-state index in [1.165, 1.54) is 0 Å². The fraction of sp³-hybridized carbons (Fsp3) is 0.200. The number of amides is 4. The van der Waals surface area contributed by atoms with Crippen LogP contribution in [-0.4, -0.2) is 23.6 Å². The number of rotatable bonds is 0. The van der Waals surface area contributed by atoms with Crippen molar-refractivity contribution in [1.82, 2.24) is 0 Å². The highest BCUT2D eigenvalue weighted by Gasteiger charge is 2.19. The molecule has 0 unspecified atom stereocenters. The van der Waals surface area contributed by atoms with Gasteiger partial charge in [0.15, 0.2) is 0 Å². The molecule has 10 heterocycles. The molecule has 0 aliphatic carbocycles. The van der Waals surface area contributed by atoms with Crippen LogP contribution >= 0.6 is 0 Å². The highest BCUT2D eigenvalue weighted by molar-refractivity contribution is 6.10. The molecule has 10 aliphatic heterocycles. The second kappa shape index (κ2) is 16.0. The summed E-state index contributed by atoms with van der Waals surface area (Å²) in [5.74, 6) is -1.19. The van der Waals surface area contributed by atoms with Crippen LogP contribution in [-0.2, 0) is 12.8 Å². The van der Waals surface area contributed by atoms with Gasteiger partial charge in [-0.3, -0.25) is 19.2 Å². The summed E-state index contributed by atoms with van der Waals surface area (Å²) in [5, 5.41) is 12.4. The number of carbonyl (C=O) groups excluding carboxylic acids is 4. The summed E-state index contributed by atoms with van der Waals surface area (Å²) in [7, 11) is 0. The summed E-state index contributed by atoms with van der Waals surface area (Å²) in [6, 6.07) is 30.1. The van der Waals surface area contributed by atoms with E-state index in [1.807, 2.05) is 55.4 Å². The smallest absolute Gasteiger partial charge is 0.255 e. The first kappa shape index (κ1) is 39.4. The summed E-state index contributed by atoms with van der Waals surface area (Å²) < 4.78 is 0. The minimum Gasteiger partial charge on any atom is -0.322 e. The van der Waals surface area contributed by atoms with Crippen LogP contribution in [0.4, 0.5) is 22.7 Å². The third-order valence-corrected chi connectivity index (χ3v) is 10.9. The zero-order valence-electron chi connectivity index (χ0n) is 34.3. The SMILES string of the molecule is Cc1cc2cc(C)c1NC(=O)c1cccc(c1)C(=O)Nc1c(C)cc(cc1C)Cc1cc(C)c(c(C)c1)NC(=O)c1cccc(c1)C(=O)Nc1c(C)cc(cc1C)C2. The number of hydrogen-bond acceptors (Lipinski definition) is 4. The van der Waals surface area contributed by atoms with Crippen LogP contribution in [0.2, 0.25) is 0 Å². The average molecular weight is 769 g/mol. The predicted octanol–water partition coefficient (Wildman–Crippen LogP) is 10.7. The van der Waals surface area contributed by atoms with Gasteiger partial charge in [-0.25, -0.2) is 0 Å². The van der Waals surface area contributed by atoms with Gasteiger partial charge in [-0.15, -0.1) is 0 Å². The third-order valence-electron chi connectivity index (χ3n) is 10.9. The Morgan fingerprint density at radius 3 is 0.690 bits per heavy atom. The minimum atomic E-state index is -0.298. The van der Waals surface area contributed by atoms with Crippen molar-refractivity contribution in [3.63, 3.8) is 0 Å². The van der Waals surface area contributed by atoms with E-state index >= 15 is 0 Å². The van der Waals surface area contributed by atoms with Crippen molar-refractivity contribution in [2.45, 2.75) is 68.2 Å². The maximum absolute atomic E-state index is 13.6. The Kier molecular flexibility index (Phi) is 10.9. The van der Waals surface area contributed by atoms with Crippen molar-refractivity contribution in [3.8, 4) is 0 Å². The van der Waals surface area contributed by atoms with Crippen LogP contribution in [0.3, 0.4) is 0 Å². The molecule has 0 radical (unpaired) electrons.